The molecule has 0 radical (unpaired) electrons. The Bertz CT molecular complexity index is 668. The smallest absolute Gasteiger partial charge is 0.171 e. The standard InChI is InChI=1S/C18H24N4O/c1-22(2)17-16(19-11-12-20-17)21-13-18(9-6-10-18)14-7-4-5-8-15(14)23-3/h4-5,7-8,11-12H,6,9-10,13H2,1-3H3,(H,19,21). The quantitative estimate of drug-likeness (QED) is 0.888. The lowest BCUT2D eigenvalue weighted by molar-refractivity contribution is 0.250. The summed E-state index contributed by atoms with van der Waals surface area (Å²) in [5.41, 5.74) is 1.41. The summed E-state index contributed by atoms with van der Waals surface area (Å²) in [6.45, 7) is 0.840. The van der Waals surface area contributed by atoms with Crippen molar-refractivity contribution in [1.29, 1.82) is 0 Å². The van der Waals surface area contributed by atoms with Crippen LogP contribution in [-0.4, -0.2) is 37.7 Å². The predicted molar refractivity (Wildman–Crippen MR) is 93.4 cm³/mol. The number of benzene rings is 1. The fourth-order valence-corrected chi connectivity index (χ4v) is 3.26. The van der Waals surface area contributed by atoms with Crippen LogP contribution in [0.3, 0.4) is 0 Å². The Hall–Kier alpha value is -2.30. The van der Waals surface area contributed by atoms with E-state index in [4.69, 9.17) is 4.74 Å². The lowest BCUT2D eigenvalue weighted by Gasteiger charge is -2.43. The zero-order valence-electron chi connectivity index (χ0n) is 14.0. The molecule has 23 heavy (non-hydrogen) atoms. The van der Waals surface area contributed by atoms with Crippen molar-refractivity contribution in [2.45, 2.75) is 24.7 Å². The third-order valence-corrected chi connectivity index (χ3v) is 4.69. The number of nitrogens with one attached hydrogen (secondary N) is 1. The van der Waals surface area contributed by atoms with Crippen molar-refractivity contribution in [2.24, 2.45) is 0 Å². The molecule has 1 fully saturated rings. The second-order valence-corrected chi connectivity index (χ2v) is 6.31. The molecule has 0 saturated heterocycles. The van der Waals surface area contributed by atoms with E-state index in [0.29, 0.717) is 0 Å². The first-order chi connectivity index (χ1) is 11.2. The van der Waals surface area contributed by atoms with Gasteiger partial charge in [-0.25, -0.2) is 9.97 Å². The summed E-state index contributed by atoms with van der Waals surface area (Å²) >= 11 is 0. The molecule has 0 bridgehead atoms. The lowest BCUT2D eigenvalue weighted by atomic mass is 9.64. The van der Waals surface area contributed by atoms with Crippen LogP contribution in [0.2, 0.25) is 0 Å². The second-order valence-electron chi connectivity index (χ2n) is 6.31. The van der Waals surface area contributed by atoms with Gasteiger partial charge < -0.3 is 15.0 Å². The Morgan fingerprint density at radius 3 is 2.57 bits per heavy atom. The van der Waals surface area contributed by atoms with Crippen LogP contribution in [0.15, 0.2) is 36.7 Å². The Balaban J connectivity index is 1.83. The van der Waals surface area contributed by atoms with E-state index in [1.165, 1.54) is 12.0 Å². The first kappa shape index (κ1) is 15.6. The van der Waals surface area contributed by atoms with E-state index in [2.05, 4.69) is 27.4 Å². The molecule has 1 N–H and O–H groups in total. The van der Waals surface area contributed by atoms with Gasteiger partial charge in [-0.2, -0.15) is 0 Å². The molecule has 0 atom stereocenters. The number of hydrogen-bond acceptors (Lipinski definition) is 5. The SMILES string of the molecule is COc1ccccc1C1(CNc2nccnc2N(C)C)CCC1. The van der Waals surface area contributed by atoms with Crippen LogP contribution in [-0.2, 0) is 5.41 Å². The molecular formula is C18H24N4O. The molecular weight excluding hydrogens is 288 g/mol. The summed E-state index contributed by atoms with van der Waals surface area (Å²) in [6, 6.07) is 8.34. The van der Waals surface area contributed by atoms with E-state index in [1.807, 2.05) is 31.1 Å². The fourth-order valence-electron chi connectivity index (χ4n) is 3.26. The summed E-state index contributed by atoms with van der Waals surface area (Å²) in [5.74, 6) is 2.67. The molecule has 5 heteroatoms. The van der Waals surface area contributed by atoms with Crippen LogP contribution < -0.4 is 15.0 Å². The maximum absolute atomic E-state index is 5.58. The molecule has 2 aromatic rings. The largest absolute Gasteiger partial charge is 0.496 e. The molecule has 0 unspecified atom stereocenters. The normalized spacial score (nSPS) is 15.6. The van der Waals surface area contributed by atoms with E-state index in [9.17, 15) is 0 Å². The topological polar surface area (TPSA) is 50.3 Å². The summed E-state index contributed by atoms with van der Waals surface area (Å²) in [6.07, 6.45) is 7.03. The van der Waals surface area contributed by atoms with E-state index in [1.54, 1.807) is 19.5 Å². The number of anilines is 2. The fraction of sp³-hybridized carbons (Fsp3) is 0.444. The Morgan fingerprint density at radius 2 is 1.91 bits per heavy atom. The van der Waals surface area contributed by atoms with Crippen molar-refractivity contribution in [2.75, 3.05) is 38.0 Å². The average Bonchev–Trinajstić information content (AvgIpc) is 2.54. The number of aromatic nitrogens is 2. The minimum absolute atomic E-state index is 0.119. The number of ether oxygens (including phenoxy) is 1. The van der Waals surface area contributed by atoms with Crippen LogP contribution >= 0.6 is 0 Å². The van der Waals surface area contributed by atoms with Crippen molar-refractivity contribution >= 4 is 11.6 Å². The highest BCUT2D eigenvalue weighted by Gasteiger charge is 2.40. The molecule has 1 saturated carbocycles. The van der Waals surface area contributed by atoms with E-state index in [0.717, 1.165) is 36.8 Å². The molecule has 3 rings (SSSR count). The Morgan fingerprint density at radius 1 is 1.17 bits per heavy atom. The predicted octanol–water partition coefficient (Wildman–Crippen LogP) is 3.09. The Kier molecular flexibility index (Phi) is 4.37. The van der Waals surface area contributed by atoms with Crippen molar-refractivity contribution in [3.8, 4) is 5.75 Å². The molecule has 122 valence electrons. The monoisotopic (exact) mass is 312 g/mol. The molecule has 1 aromatic carbocycles. The Labute approximate surface area is 137 Å². The number of nitrogens with zero attached hydrogens (tertiary/aromatic N) is 3. The third-order valence-electron chi connectivity index (χ3n) is 4.69. The highest BCUT2D eigenvalue weighted by Crippen LogP contribution is 2.47. The van der Waals surface area contributed by atoms with Gasteiger partial charge in [-0.3, -0.25) is 0 Å². The van der Waals surface area contributed by atoms with Crippen LogP contribution in [0.4, 0.5) is 11.6 Å². The third kappa shape index (κ3) is 2.96. The van der Waals surface area contributed by atoms with Crippen LogP contribution in [0.1, 0.15) is 24.8 Å². The molecule has 0 spiro atoms. The summed E-state index contributed by atoms with van der Waals surface area (Å²) in [5, 5.41) is 3.52. The van der Waals surface area contributed by atoms with Gasteiger partial charge in [0.2, 0.25) is 0 Å². The van der Waals surface area contributed by atoms with Gasteiger partial charge in [-0.15, -0.1) is 0 Å². The van der Waals surface area contributed by atoms with Crippen molar-refractivity contribution in [3.63, 3.8) is 0 Å². The van der Waals surface area contributed by atoms with Gasteiger partial charge >= 0.3 is 0 Å². The maximum atomic E-state index is 5.58. The van der Waals surface area contributed by atoms with Gasteiger partial charge in [0.15, 0.2) is 11.6 Å². The number of hydrogen-bond donors (Lipinski definition) is 1. The number of rotatable bonds is 6. The summed E-state index contributed by atoms with van der Waals surface area (Å²) in [4.78, 5) is 10.8. The van der Waals surface area contributed by atoms with Gasteiger partial charge in [0, 0.05) is 44.0 Å². The van der Waals surface area contributed by atoms with E-state index >= 15 is 0 Å². The minimum Gasteiger partial charge on any atom is -0.496 e. The molecule has 1 aliphatic rings. The number of para-hydroxylation sites is 1. The summed E-state index contributed by atoms with van der Waals surface area (Å²) in [7, 11) is 5.70. The second kappa shape index (κ2) is 6.44. The highest BCUT2D eigenvalue weighted by atomic mass is 16.5. The first-order valence-electron chi connectivity index (χ1n) is 8.02. The van der Waals surface area contributed by atoms with Crippen molar-refractivity contribution in [1.82, 2.24) is 9.97 Å². The zero-order chi connectivity index (χ0) is 16.3. The minimum atomic E-state index is 0.119. The van der Waals surface area contributed by atoms with Gasteiger partial charge in [-0.05, 0) is 18.9 Å². The average molecular weight is 312 g/mol. The number of methoxy groups -OCH3 is 1. The van der Waals surface area contributed by atoms with Gasteiger partial charge in [0.05, 0.1) is 7.11 Å². The van der Waals surface area contributed by atoms with Crippen LogP contribution in [0, 0.1) is 0 Å². The van der Waals surface area contributed by atoms with Gasteiger partial charge in [-0.1, -0.05) is 24.6 Å². The van der Waals surface area contributed by atoms with E-state index < -0.39 is 0 Å². The molecule has 5 nitrogen and oxygen atoms in total. The lowest BCUT2D eigenvalue weighted by Crippen LogP contribution is -2.41. The first-order valence-corrected chi connectivity index (χ1v) is 8.02. The zero-order valence-corrected chi connectivity index (χ0v) is 14.0. The van der Waals surface area contributed by atoms with Crippen molar-refractivity contribution < 1.29 is 4.74 Å². The van der Waals surface area contributed by atoms with E-state index in [-0.39, 0.29) is 5.41 Å². The van der Waals surface area contributed by atoms with Gasteiger partial charge in [0.25, 0.3) is 0 Å². The molecule has 1 aromatic heterocycles. The van der Waals surface area contributed by atoms with Gasteiger partial charge in [0.1, 0.15) is 5.75 Å². The molecule has 0 amide bonds. The summed E-state index contributed by atoms with van der Waals surface area (Å²) < 4.78 is 5.58. The molecule has 0 aliphatic heterocycles. The molecule has 1 heterocycles. The maximum Gasteiger partial charge on any atom is 0.171 e. The highest BCUT2D eigenvalue weighted by molar-refractivity contribution is 5.60. The van der Waals surface area contributed by atoms with Crippen LogP contribution in [0.5, 0.6) is 5.75 Å². The molecule has 1 aliphatic carbocycles. The van der Waals surface area contributed by atoms with Crippen molar-refractivity contribution in [3.05, 3.63) is 42.2 Å². The van der Waals surface area contributed by atoms with Crippen LogP contribution in [0.25, 0.3) is 0 Å².